The average molecular weight is 339 g/mol. The second-order valence-electron chi connectivity index (χ2n) is 5.10. The fraction of sp³-hybridized carbons (Fsp3) is 0.133. The van der Waals surface area contributed by atoms with Gasteiger partial charge in [0.1, 0.15) is 6.54 Å². The van der Waals surface area contributed by atoms with E-state index in [9.17, 15) is 4.79 Å². The zero-order valence-corrected chi connectivity index (χ0v) is 13.3. The Kier molecular flexibility index (Phi) is 3.75. The van der Waals surface area contributed by atoms with E-state index in [4.69, 9.17) is 0 Å². The highest BCUT2D eigenvalue weighted by atomic mass is 32.1. The van der Waals surface area contributed by atoms with Crippen molar-refractivity contribution in [2.24, 2.45) is 0 Å². The molecular weight excluding hydrogens is 326 g/mol. The highest BCUT2D eigenvalue weighted by Gasteiger charge is 2.10. The van der Waals surface area contributed by atoms with Gasteiger partial charge in [0.05, 0.1) is 12.2 Å². The molecule has 0 aliphatic rings. The molecule has 0 bridgehead atoms. The van der Waals surface area contributed by atoms with Gasteiger partial charge in [0.2, 0.25) is 5.91 Å². The Hall–Kier alpha value is -3.07. The van der Waals surface area contributed by atoms with Crippen LogP contribution in [0, 0.1) is 0 Å². The van der Waals surface area contributed by atoms with Crippen molar-refractivity contribution < 1.29 is 4.79 Å². The molecule has 24 heavy (non-hydrogen) atoms. The molecule has 0 unspecified atom stereocenters. The van der Waals surface area contributed by atoms with Crippen molar-refractivity contribution in [1.82, 2.24) is 34.9 Å². The van der Waals surface area contributed by atoms with Gasteiger partial charge in [0.15, 0.2) is 11.5 Å². The number of nitrogens with one attached hydrogen (secondary N) is 1. The summed E-state index contributed by atoms with van der Waals surface area (Å²) >= 11 is 1.62. The summed E-state index contributed by atoms with van der Waals surface area (Å²) in [6.45, 7) is 0.415. The van der Waals surface area contributed by atoms with Gasteiger partial charge in [-0.15, -0.1) is 10.2 Å². The van der Waals surface area contributed by atoms with Crippen molar-refractivity contribution in [3.63, 3.8) is 0 Å². The van der Waals surface area contributed by atoms with Crippen LogP contribution in [0.4, 0.5) is 0 Å². The molecule has 8 nitrogen and oxygen atoms in total. The average Bonchev–Trinajstić information content (AvgIpc) is 3.34. The minimum Gasteiger partial charge on any atom is -0.347 e. The van der Waals surface area contributed by atoms with Gasteiger partial charge < -0.3 is 5.32 Å². The number of hydrogen-bond acceptors (Lipinski definition) is 6. The molecule has 0 aliphatic heterocycles. The highest BCUT2D eigenvalue weighted by Crippen LogP contribution is 2.20. The molecule has 4 aromatic rings. The van der Waals surface area contributed by atoms with Gasteiger partial charge in [-0.1, -0.05) is 0 Å². The van der Waals surface area contributed by atoms with Gasteiger partial charge in [0, 0.05) is 23.3 Å². The van der Waals surface area contributed by atoms with Crippen LogP contribution in [0.5, 0.6) is 0 Å². The largest absolute Gasteiger partial charge is 0.347 e. The van der Waals surface area contributed by atoms with Crippen LogP contribution in [0.3, 0.4) is 0 Å². The van der Waals surface area contributed by atoms with E-state index in [0.29, 0.717) is 11.5 Å². The number of carbonyl (C=O) groups excluding carboxylic acids is 1. The molecule has 4 aromatic heterocycles. The molecular formula is C15H13N7OS. The number of fused-ring (bicyclic) bond motifs is 1. The van der Waals surface area contributed by atoms with E-state index in [2.05, 4.69) is 25.7 Å². The first-order valence-electron chi connectivity index (χ1n) is 7.27. The molecule has 0 fully saturated rings. The van der Waals surface area contributed by atoms with E-state index in [0.717, 1.165) is 11.3 Å². The molecule has 120 valence electrons. The van der Waals surface area contributed by atoms with E-state index in [1.807, 2.05) is 29.0 Å². The Morgan fingerprint density at radius 3 is 3.00 bits per heavy atom. The van der Waals surface area contributed by atoms with Crippen LogP contribution < -0.4 is 5.32 Å². The number of carbonyl (C=O) groups is 1. The molecule has 0 radical (unpaired) electrons. The summed E-state index contributed by atoms with van der Waals surface area (Å²) in [4.78, 5) is 11.9. The highest BCUT2D eigenvalue weighted by molar-refractivity contribution is 7.08. The van der Waals surface area contributed by atoms with E-state index in [1.165, 1.54) is 0 Å². The molecule has 0 saturated heterocycles. The molecule has 0 aliphatic carbocycles. The second-order valence-corrected chi connectivity index (χ2v) is 5.88. The summed E-state index contributed by atoms with van der Waals surface area (Å²) in [5.74, 6) is 0.431. The van der Waals surface area contributed by atoms with Crippen LogP contribution in [0.2, 0.25) is 0 Å². The lowest BCUT2D eigenvalue weighted by Gasteiger charge is -2.05. The lowest BCUT2D eigenvalue weighted by atomic mass is 10.2. The minimum atomic E-state index is -0.149. The van der Waals surface area contributed by atoms with Crippen LogP contribution in [-0.2, 0) is 17.9 Å². The summed E-state index contributed by atoms with van der Waals surface area (Å²) in [6, 6.07) is 7.55. The van der Waals surface area contributed by atoms with Crippen LogP contribution in [0.25, 0.3) is 16.9 Å². The first kappa shape index (κ1) is 14.5. The third kappa shape index (κ3) is 2.88. The fourth-order valence-electron chi connectivity index (χ4n) is 2.28. The summed E-state index contributed by atoms with van der Waals surface area (Å²) in [5, 5.41) is 23.6. The van der Waals surface area contributed by atoms with Crippen molar-refractivity contribution in [2.75, 3.05) is 0 Å². The maximum Gasteiger partial charge on any atom is 0.242 e. The number of amides is 1. The zero-order valence-electron chi connectivity index (χ0n) is 12.5. The summed E-state index contributed by atoms with van der Waals surface area (Å²) in [7, 11) is 0. The lowest BCUT2D eigenvalue weighted by Crippen LogP contribution is -2.28. The van der Waals surface area contributed by atoms with Crippen LogP contribution in [0.1, 0.15) is 5.82 Å². The van der Waals surface area contributed by atoms with E-state index < -0.39 is 0 Å². The SMILES string of the molecule is O=C(Cn1cccn1)NCc1nnc2ccc(-c3ccsc3)nn12. The van der Waals surface area contributed by atoms with Gasteiger partial charge in [-0.2, -0.15) is 26.0 Å². The van der Waals surface area contributed by atoms with Crippen LogP contribution >= 0.6 is 11.3 Å². The number of hydrogen-bond donors (Lipinski definition) is 1. The summed E-state index contributed by atoms with van der Waals surface area (Å²) in [5.41, 5.74) is 2.53. The third-order valence-electron chi connectivity index (χ3n) is 3.45. The molecule has 1 N–H and O–H groups in total. The Morgan fingerprint density at radius 1 is 1.25 bits per heavy atom. The Bertz CT molecular complexity index is 959. The third-order valence-corrected chi connectivity index (χ3v) is 4.14. The van der Waals surface area contributed by atoms with Gasteiger partial charge >= 0.3 is 0 Å². The van der Waals surface area contributed by atoms with E-state index in [-0.39, 0.29) is 19.0 Å². The van der Waals surface area contributed by atoms with Crippen LogP contribution in [0.15, 0.2) is 47.4 Å². The molecule has 0 atom stereocenters. The van der Waals surface area contributed by atoms with Crippen molar-refractivity contribution in [1.29, 1.82) is 0 Å². The number of thiophene rings is 1. The normalized spacial score (nSPS) is 11.0. The lowest BCUT2D eigenvalue weighted by molar-refractivity contribution is -0.122. The molecule has 0 saturated carbocycles. The quantitative estimate of drug-likeness (QED) is 0.593. The first-order chi connectivity index (χ1) is 11.8. The maximum atomic E-state index is 11.9. The van der Waals surface area contributed by atoms with Gasteiger partial charge in [-0.25, -0.2) is 0 Å². The zero-order chi connectivity index (χ0) is 16.4. The van der Waals surface area contributed by atoms with Crippen LogP contribution in [-0.4, -0.2) is 35.5 Å². The first-order valence-corrected chi connectivity index (χ1v) is 8.22. The van der Waals surface area contributed by atoms with Crippen molar-refractivity contribution in [3.05, 3.63) is 53.2 Å². The van der Waals surface area contributed by atoms with E-state index >= 15 is 0 Å². The molecule has 4 heterocycles. The monoisotopic (exact) mass is 339 g/mol. The topological polar surface area (TPSA) is 90.0 Å². The molecule has 0 spiro atoms. The van der Waals surface area contributed by atoms with Crippen molar-refractivity contribution in [3.8, 4) is 11.3 Å². The smallest absolute Gasteiger partial charge is 0.242 e. The maximum absolute atomic E-state index is 11.9. The summed E-state index contributed by atoms with van der Waals surface area (Å²) < 4.78 is 3.21. The Balaban J connectivity index is 1.51. The molecule has 4 rings (SSSR count). The number of nitrogens with zero attached hydrogens (tertiary/aromatic N) is 6. The number of aromatic nitrogens is 6. The fourth-order valence-corrected chi connectivity index (χ4v) is 2.93. The molecule has 0 aromatic carbocycles. The van der Waals surface area contributed by atoms with Crippen molar-refractivity contribution >= 4 is 22.9 Å². The van der Waals surface area contributed by atoms with Gasteiger partial charge in [-0.3, -0.25) is 9.48 Å². The van der Waals surface area contributed by atoms with Crippen molar-refractivity contribution in [2.45, 2.75) is 13.1 Å². The predicted molar refractivity (Wildman–Crippen MR) is 88.2 cm³/mol. The number of rotatable bonds is 5. The standard InChI is InChI=1S/C15H13N7OS/c23-15(9-21-6-1-5-17-21)16-8-14-19-18-13-3-2-12(20-22(13)14)11-4-7-24-10-11/h1-7,10H,8-9H2,(H,16,23). The Morgan fingerprint density at radius 2 is 2.21 bits per heavy atom. The second kappa shape index (κ2) is 6.20. The minimum absolute atomic E-state index is 0.149. The predicted octanol–water partition coefficient (Wildman–Crippen LogP) is 1.37. The van der Waals surface area contributed by atoms with Gasteiger partial charge in [0.25, 0.3) is 0 Å². The van der Waals surface area contributed by atoms with E-state index in [1.54, 1.807) is 39.0 Å². The Labute approximate surface area is 140 Å². The molecule has 1 amide bonds. The molecule has 9 heteroatoms. The van der Waals surface area contributed by atoms with Gasteiger partial charge in [-0.05, 0) is 29.6 Å². The summed E-state index contributed by atoms with van der Waals surface area (Å²) in [6.07, 6.45) is 3.37.